The first kappa shape index (κ1) is 17.0. The van der Waals surface area contributed by atoms with Crippen molar-refractivity contribution in [1.82, 2.24) is 10.2 Å². The van der Waals surface area contributed by atoms with Crippen molar-refractivity contribution in [3.05, 3.63) is 0 Å². The van der Waals surface area contributed by atoms with Crippen LogP contribution in [0.3, 0.4) is 0 Å². The van der Waals surface area contributed by atoms with Crippen LogP contribution < -0.4 is 5.32 Å². The van der Waals surface area contributed by atoms with Gasteiger partial charge in [-0.25, -0.2) is 0 Å². The lowest BCUT2D eigenvalue weighted by atomic mass is 9.82. The maximum absolute atomic E-state index is 3.78. The molecule has 0 aromatic carbocycles. The van der Waals surface area contributed by atoms with Gasteiger partial charge in [-0.05, 0) is 51.1 Å². The van der Waals surface area contributed by atoms with Crippen LogP contribution in [0.2, 0.25) is 0 Å². The fourth-order valence-electron chi connectivity index (χ4n) is 3.21. The minimum absolute atomic E-state index is 0.371. The van der Waals surface area contributed by atoms with E-state index in [4.69, 9.17) is 0 Å². The Labute approximate surface area is 121 Å². The lowest BCUT2D eigenvalue weighted by Gasteiger charge is -2.40. The molecule has 114 valence electrons. The predicted octanol–water partition coefficient (Wildman–Crippen LogP) is 3.91. The van der Waals surface area contributed by atoms with Gasteiger partial charge >= 0.3 is 0 Å². The molecule has 0 bridgehead atoms. The molecule has 19 heavy (non-hydrogen) atoms. The fourth-order valence-corrected chi connectivity index (χ4v) is 3.21. The Bertz CT molecular complexity index is 244. The largest absolute Gasteiger partial charge is 0.314 e. The van der Waals surface area contributed by atoms with Crippen molar-refractivity contribution in [3.63, 3.8) is 0 Å². The van der Waals surface area contributed by atoms with Crippen molar-refractivity contribution in [3.8, 4) is 0 Å². The van der Waals surface area contributed by atoms with Crippen LogP contribution >= 0.6 is 0 Å². The molecular formula is C17H36N2. The van der Waals surface area contributed by atoms with Gasteiger partial charge in [0.1, 0.15) is 0 Å². The predicted molar refractivity (Wildman–Crippen MR) is 85.6 cm³/mol. The smallest absolute Gasteiger partial charge is 0.0112 e. The third-order valence-corrected chi connectivity index (χ3v) is 5.00. The van der Waals surface area contributed by atoms with Gasteiger partial charge in [0.05, 0.1) is 0 Å². The molecule has 2 nitrogen and oxygen atoms in total. The topological polar surface area (TPSA) is 15.3 Å². The normalized spacial score (nSPS) is 26.7. The van der Waals surface area contributed by atoms with Crippen molar-refractivity contribution in [1.29, 1.82) is 0 Å². The Morgan fingerprint density at radius 1 is 1.21 bits per heavy atom. The standard InChI is InChI=1S/C17H36N2/c1-7-12-18-16-11-9-8-10-15(16)13-19(6)14(2)17(3,4)5/h14-16,18H,7-13H2,1-6H3. The fraction of sp³-hybridized carbons (Fsp3) is 1.00. The summed E-state index contributed by atoms with van der Waals surface area (Å²) in [7, 11) is 2.31. The van der Waals surface area contributed by atoms with Crippen molar-refractivity contribution in [2.75, 3.05) is 20.1 Å². The van der Waals surface area contributed by atoms with Gasteiger partial charge in [0.15, 0.2) is 0 Å². The van der Waals surface area contributed by atoms with E-state index in [1.807, 2.05) is 0 Å². The average molecular weight is 268 g/mol. The molecule has 0 heterocycles. The first-order chi connectivity index (χ1) is 8.86. The zero-order valence-electron chi connectivity index (χ0n) is 14.1. The second kappa shape index (κ2) is 7.64. The van der Waals surface area contributed by atoms with E-state index in [-0.39, 0.29) is 0 Å². The van der Waals surface area contributed by atoms with Gasteiger partial charge in [-0.2, -0.15) is 0 Å². The van der Waals surface area contributed by atoms with Crippen LogP contribution in [0.5, 0.6) is 0 Å². The zero-order valence-corrected chi connectivity index (χ0v) is 14.1. The van der Waals surface area contributed by atoms with Crippen LogP contribution in [-0.2, 0) is 0 Å². The van der Waals surface area contributed by atoms with E-state index in [0.29, 0.717) is 11.5 Å². The van der Waals surface area contributed by atoms with Crippen LogP contribution in [0.1, 0.15) is 66.7 Å². The highest BCUT2D eigenvalue weighted by atomic mass is 15.1. The van der Waals surface area contributed by atoms with Gasteiger partial charge in [0, 0.05) is 18.6 Å². The van der Waals surface area contributed by atoms with Gasteiger partial charge in [-0.1, -0.05) is 40.5 Å². The molecular weight excluding hydrogens is 232 g/mol. The molecule has 0 amide bonds. The van der Waals surface area contributed by atoms with E-state index >= 15 is 0 Å². The SMILES string of the molecule is CCCNC1CCCCC1CN(C)C(C)C(C)(C)C. The Balaban J connectivity index is 2.51. The summed E-state index contributed by atoms with van der Waals surface area (Å²) >= 11 is 0. The van der Waals surface area contributed by atoms with Gasteiger partial charge in [-0.15, -0.1) is 0 Å². The highest BCUT2D eigenvalue weighted by Gasteiger charge is 2.29. The lowest BCUT2D eigenvalue weighted by Crippen LogP contribution is -2.47. The Morgan fingerprint density at radius 3 is 2.42 bits per heavy atom. The summed E-state index contributed by atoms with van der Waals surface area (Å²) in [5.74, 6) is 0.843. The first-order valence-corrected chi connectivity index (χ1v) is 8.30. The summed E-state index contributed by atoms with van der Waals surface area (Å²) in [5, 5.41) is 3.78. The Hall–Kier alpha value is -0.0800. The molecule has 0 radical (unpaired) electrons. The van der Waals surface area contributed by atoms with Crippen molar-refractivity contribution >= 4 is 0 Å². The molecule has 0 aromatic heterocycles. The zero-order chi connectivity index (χ0) is 14.5. The summed E-state index contributed by atoms with van der Waals surface area (Å²) in [6.45, 7) is 14.1. The summed E-state index contributed by atoms with van der Waals surface area (Å²) < 4.78 is 0. The number of rotatable bonds is 6. The van der Waals surface area contributed by atoms with Gasteiger partial charge < -0.3 is 10.2 Å². The van der Waals surface area contributed by atoms with Crippen LogP contribution in [0, 0.1) is 11.3 Å². The minimum Gasteiger partial charge on any atom is -0.314 e. The van der Waals surface area contributed by atoms with Crippen molar-refractivity contribution in [2.24, 2.45) is 11.3 Å². The Kier molecular flexibility index (Phi) is 6.82. The third-order valence-electron chi connectivity index (χ3n) is 5.00. The highest BCUT2D eigenvalue weighted by molar-refractivity contribution is 4.85. The molecule has 1 fully saturated rings. The molecule has 0 spiro atoms. The molecule has 3 unspecified atom stereocenters. The number of hydrogen-bond donors (Lipinski definition) is 1. The van der Waals surface area contributed by atoms with E-state index in [0.717, 1.165) is 12.0 Å². The third kappa shape index (κ3) is 5.43. The molecule has 2 heteroatoms. The monoisotopic (exact) mass is 268 g/mol. The number of nitrogens with one attached hydrogen (secondary N) is 1. The summed E-state index contributed by atoms with van der Waals surface area (Å²) in [6, 6.07) is 1.39. The van der Waals surface area contributed by atoms with Gasteiger partial charge in [0.2, 0.25) is 0 Å². The van der Waals surface area contributed by atoms with Crippen LogP contribution in [0.25, 0.3) is 0 Å². The number of nitrogens with zero attached hydrogens (tertiary/aromatic N) is 1. The molecule has 1 aliphatic rings. The van der Waals surface area contributed by atoms with Gasteiger partial charge in [0.25, 0.3) is 0 Å². The summed E-state index contributed by atoms with van der Waals surface area (Å²) in [5.41, 5.74) is 0.371. The first-order valence-electron chi connectivity index (χ1n) is 8.30. The minimum atomic E-state index is 0.371. The maximum atomic E-state index is 3.78. The van der Waals surface area contributed by atoms with E-state index in [9.17, 15) is 0 Å². The van der Waals surface area contributed by atoms with E-state index in [1.165, 1.54) is 45.2 Å². The quantitative estimate of drug-likeness (QED) is 0.785. The molecule has 0 saturated heterocycles. The molecule has 0 aromatic rings. The second-order valence-corrected chi connectivity index (χ2v) is 7.59. The van der Waals surface area contributed by atoms with E-state index < -0.39 is 0 Å². The molecule has 1 aliphatic carbocycles. The van der Waals surface area contributed by atoms with Crippen LogP contribution in [0.4, 0.5) is 0 Å². The molecule has 1 saturated carbocycles. The van der Waals surface area contributed by atoms with E-state index in [1.54, 1.807) is 0 Å². The number of hydrogen-bond acceptors (Lipinski definition) is 2. The molecule has 1 rings (SSSR count). The van der Waals surface area contributed by atoms with Crippen LogP contribution in [0.15, 0.2) is 0 Å². The van der Waals surface area contributed by atoms with E-state index in [2.05, 4.69) is 51.9 Å². The summed E-state index contributed by atoms with van der Waals surface area (Å²) in [4.78, 5) is 2.58. The average Bonchev–Trinajstić information content (AvgIpc) is 2.35. The summed E-state index contributed by atoms with van der Waals surface area (Å²) in [6.07, 6.45) is 6.87. The highest BCUT2D eigenvalue weighted by Crippen LogP contribution is 2.28. The lowest BCUT2D eigenvalue weighted by molar-refractivity contribution is 0.101. The second-order valence-electron chi connectivity index (χ2n) is 7.59. The maximum Gasteiger partial charge on any atom is 0.0112 e. The van der Waals surface area contributed by atoms with Gasteiger partial charge in [-0.3, -0.25) is 0 Å². The van der Waals surface area contributed by atoms with Crippen LogP contribution in [-0.4, -0.2) is 37.1 Å². The van der Waals surface area contributed by atoms with Crippen molar-refractivity contribution < 1.29 is 0 Å². The molecule has 1 N–H and O–H groups in total. The van der Waals surface area contributed by atoms with Crippen molar-refractivity contribution in [2.45, 2.75) is 78.8 Å². The molecule has 3 atom stereocenters. The molecule has 0 aliphatic heterocycles. The Morgan fingerprint density at radius 2 is 1.84 bits per heavy atom.